The van der Waals surface area contributed by atoms with Crippen molar-refractivity contribution in [1.29, 1.82) is 0 Å². The summed E-state index contributed by atoms with van der Waals surface area (Å²) in [7, 11) is -2.61. The van der Waals surface area contributed by atoms with E-state index in [4.69, 9.17) is 11.6 Å². The van der Waals surface area contributed by atoms with E-state index in [0.29, 0.717) is 11.6 Å². The molecule has 1 N–H and O–H groups in total. The Morgan fingerprint density at radius 1 is 0.923 bits per heavy atom. The molecule has 7 nitrogen and oxygen atoms in total. The number of hydrogen-bond acceptors (Lipinski definition) is 4. The van der Waals surface area contributed by atoms with E-state index < -0.39 is 28.5 Å². The van der Waals surface area contributed by atoms with Gasteiger partial charge in [0.15, 0.2) is 0 Å². The molecule has 1 unspecified atom stereocenters. The predicted octanol–water partition coefficient (Wildman–Crippen LogP) is 4.68. The van der Waals surface area contributed by atoms with Gasteiger partial charge >= 0.3 is 0 Å². The lowest BCUT2D eigenvalue weighted by molar-refractivity contribution is -0.141. The Morgan fingerprint density at radius 3 is 2.15 bits per heavy atom. The Hall–Kier alpha value is -3.20. The summed E-state index contributed by atoms with van der Waals surface area (Å²) >= 11 is 5.93. The monoisotopic (exact) mass is 569 g/mol. The highest BCUT2D eigenvalue weighted by Gasteiger charge is 2.33. The van der Waals surface area contributed by atoms with Gasteiger partial charge in [0.25, 0.3) is 0 Å². The van der Waals surface area contributed by atoms with E-state index in [2.05, 4.69) is 5.32 Å². The standard InChI is InChI=1S/C30H36ClN3O4S/c1-22(2)19-32-30(36)28(18-24-11-6-5-7-12-24)34(20-25-13-9-8-10-23(25)3)29(35)21-33(4)39(37,38)27-16-14-26(31)15-17-27/h5-17,22,28H,18-21H2,1-4H3,(H,32,36). The number of carbonyl (C=O) groups is 2. The summed E-state index contributed by atoms with van der Waals surface area (Å²) in [6.07, 6.45) is 0.288. The zero-order valence-electron chi connectivity index (χ0n) is 22.8. The van der Waals surface area contributed by atoms with Gasteiger partial charge in [0, 0.05) is 31.6 Å². The maximum Gasteiger partial charge on any atom is 0.243 e. The first-order valence-corrected chi connectivity index (χ1v) is 14.7. The van der Waals surface area contributed by atoms with Crippen LogP contribution in [0.5, 0.6) is 0 Å². The third-order valence-electron chi connectivity index (χ3n) is 6.44. The quantitative estimate of drug-likeness (QED) is 0.343. The molecule has 39 heavy (non-hydrogen) atoms. The molecule has 0 aliphatic heterocycles. The minimum atomic E-state index is -3.97. The summed E-state index contributed by atoms with van der Waals surface area (Å²) < 4.78 is 27.4. The number of benzene rings is 3. The Bertz CT molecular complexity index is 1360. The molecule has 0 radical (unpaired) electrons. The van der Waals surface area contributed by atoms with Crippen LogP contribution in [-0.4, -0.2) is 55.6 Å². The number of sulfonamides is 1. The molecule has 0 saturated heterocycles. The molecule has 0 fully saturated rings. The molecule has 0 spiro atoms. The molecular formula is C30H36ClN3O4S. The number of aryl methyl sites for hydroxylation is 1. The zero-order chi connectivity index (χ0) is 28.6. The van der Waals surface area contributed by atoms with Crippen LogP contribution >= 0.6 is 11.6 Å². The van der Waals surface area contributed by atoms with Crippen molar-refractivity contribution in [2.75, 3.05) is 20.1 Å². The van der Waals surface area contributed by atoms with Gasteiger partial charge in [0.05, 0.1) is 11.4 Å². The second-order valence-corrected chi connectivity index (χ2v) is 12.5. The van der Waals surface area contributed by atoms with E-state index in [1.165, 1.54) is 36.2 Å². The zero-order valence-corrected chi connectivity index (χ0v) is 24.4. The lowest BCUT2D eigenvalue weighted by atomic mass is 10.0. The van der Waals surface area contributed by atoms with Crippen molar-refractivity contribution in [3.8, 4) is 0 Å². The first-order valence-electron chi connectivity index (χ1n) is 12.9. The van der Waals surface area contributed by atoms with Gasteiger partial charge in [-0.3, -0.25) is 9.59 Å². The molecule has 0 aromatic heterocycles. The molecule has 3 aromatic rings. The Kier molecular flexibility index (Phi) is 10.7. The Morgan fingerprint density at radius 2 is 1.54 bits per heavy atom. The fourth-order valence-corrected chi connectivity index (χ4v) is 5.35. The second-order valence-electron chi connectivity index (χ2n) is 10.0. The maximum atomic E-state index is 13.9. The van der Waals surface area contributed by atoms with Gasteiger partial charge in [0.1, 0.15) is 6.04 Å². The summed E-state index contributed by atoms with van der Waals surface area (Å²) in [6.45, 7) is 6.13. The average Bonchev–Trinajstić information content (AvgIpc) is 2.91. The summed E-state index contributed by atoms with van der Waals surface area (Å²) in [5, 5.41) is 3.39. The van der Waals surface area contributed by atoms with Crippen LogP contribution in [0.25, 0.3) is 0 Å². The Labute approximate surface area is 236 Å². The molecule has 0 bridgehead atoms. The van der Waals surface area contributed by atoms with Gasteiger partial charge in [-0.05, 0) is 53.8 Å². The SMILES string of the molecule is Cc1ccccc1CN(C(=O)CN(C)S(=O)(=O)c1ccc(Cl)cc1)C(Cc1ccccc1)C(=O)NCC(C)C. The first-order chi connectivity index (χ1) is 18.5. The molecule has 0 heterocycles. The van der Waals surface area contributed by atoms with Crippen LogP contribution in [0.2, 0.25) is 5.02 Å². The summed E-state index contributed by atoms with van der Waals surface area (Å²) in [5.41, 5.74) is 2.74. The maximum absolute atomic E-state index is 13.9. The number of halogens is 1. The summed E-state index contributed by atoms with van der Waals surface area (Å²) in [5.74, 6) is -0.529. The van der Waals surface area contributed by atoms with Crippen LogP contribution < -0.4 is 5.32 Å². The lowest BCUT2D eigenvalue weighted by Gasteiger charge is -2.33. The summed E-state index contributed by atoms with van der Waals surface area (Å²) in [6, 6.07) is 22.1. The second kappa shape index (κ2) is 13.7. The van der Waals surface area contributed by atoms with E-state index >= 15 is 0 Å². The highest BCUT2D eigenvalue weighted by Crippen LogP contribution is 2.20. The minimum Gasteiger partial charge on any atom is -0.354 e. The molecule has 0 saturated carbocycles. The number of nitrogens with one attached hydrogen (secondary N) is 1. The van der Waals surface area contributed by atoms with E-state index in [1.807, 2.05) is 75.4 Å². The number of amides is 2. The van der Waals surface area contributed by atoms with Crippen LogP contribution in [-0.2, 0) is 32.6 Å². The minimum absolute atomic E-state index is 0.0307. The molecule has 0 aliphatic rings. The fourth-order valence-electron chi connectivity index (χ4n) is 4.10. The lowest BCUT2D eigenvalue weighted by Crippen LogP contribution is -2.53. The molecular weight excluding hydrogens is 534 g/mol. The van der Waals surface area contributed by atoms with Crippen LogP contribution in [0.1, 0.15) is 30.5 Å². The molecule has 2 amide bonds. The molecule has 0 aliphatic carbocycles. The van der Waals surface area contributed by atoms with E-state index in [-0.39, 0.29) is 29.7 Å². The van der Waals surface area contributed by atoms with Crippen molar-refractivity contribution in [3.05, 3.63) is 101 Å². The van der Waals surface area contributed by atoms with Gasteiger partial charge in [-0.1, -0.05) is 80.0 Å². The fraction of sp³-hybridized carbons (Fsp3) is 0.333. The van der Waals surface area contributed by atoms with Crippen LogP contribution in [0.3, 0.4) is 0 Å². The number of likely N-dealkylation sites (N-methyl/N-ethyl adjacent to an activating group) is 1. The molecule has 3 aromatic carbocycles. The number of carbonyl (C=O) groups excluding carboxylic acids is 2. The van der Waals surface area contributed by atoms with Crippen molar-refractivity contribution in [2.45, 2.75) is 44.7 Å². The van der Waals surface area contributed by atoms with Crippen molar-refractivity contribution >= 4 is 33.4 Å². The van der Waals surface area contributed by atoms with Gasteiger partial charge < -0.3 is 10.2 Å². The van der Waals surface area contributed by atoms with E-state index in [9.17, 15) is 18.0 Å². The molecule has 3 rings (SSSR count). The van der Waals surface area contributed by atoms with Crippen LogP contribution in [0.4, 0.5) is 0 Å². The number of rotatable bonds is 12. The van der Waals surface area contributed by atoms with E-state index in [1.54, 1.807) is 0 Å². The number of hydrogen-bond donors (Lipinski definition) is 1. The number of nitrogens with zero attached hydrogens (tertiary/aromatic N) is 2. The highest BCUT2D eigenvalue weighted by molar-refractivity contribution is 7.89. The van der Waals surface area contributed by atoms with Crippen molar-refractivity contribution < 1.29 is 18.0 Å². The topological polar surface area (TPSA) is 86.8 Å². The van der Waals surface area contributed by atoms with Gasteiger partial charge in [-0.15, -0.1) is 0 Å². The first kappa shape index (κ1) is 30.3. The average molecular weight is 570 g/mol. The van der Waals surface area contributed by atoms with Crippen LogP contribution in [0.15, 0.2) is 83.8 Å². The largest absolute Gasteiger partial charge is 0.354 e. The smallest absolute Gasteiger partial charge is 0.243 e. The molecule has 9 heteroatoms. The Balaban J connectivity index is 1.97. The van der Waals surface area contributed by atoms with Gasteiger partial charge in [-0.2, -0.15) is 4.31 Å². The highest BCUT2D eigenvalue weighted by atomic mass is 35.5. The third kappa shape index (κ3) is 8.39. The van der Waals surface area contributed by atoms with E-state index in [0.717, 1.165) is 21.0 Å². The predicted molar refractivity (Wildman–Crippen MR) is 155 cm³/mol. The van der Waals surface area contributed by atoms with Crippen molar-refractivity contribution in [1.82, 2.24) is 14.5 Å². The van der Waals surface area contributed by atoms with Gasteiger partial charge in [-0.25, -0.2) is 8.42 Å². The van der Waals surface area contributed by atoms with Crippen LogP contribution in [0, 0.1) is 12.8 Å². The molecule has 1 atom stereocenters. The molecule has 208 valence electrons. The summed E-state index contributed by atoms with van der Waals surface area (Å²) in [4.78, 5) is 29.0. The van der Waals surface area contributed by atoms with Gasteiger partial charge in [0.2, 0.25) is 21.8 Å². The normalized spacial score (nSPS) is 12.4. The third-order valence-corrected chi connectivity index (χ3v) is 8.51. The van der Waals surface area contributed by atoms with Crippen molar-refractivity contribution in [3.63, 3.8) is 0 Å². The van der Waals surface area contributed by atoms with Crippen molar-refractivity contribution in [2.24, 2.45) is 5.92 Å².